The van der Waals surface area contributed by atoms with E-state index in [9.17, 15) is 18.0 Å². The second-order valence-electron chi connectivity index (χ2n) is 6.05. The smallest absolute Gasteiger partial charge is 0.326 e. The Bertz CT molecular complexity index is 578. The quantitative estimate of drug-likeness (QED) is 0.793. The second kappa shape index (κ2) is 5.78. The molecule has 1 aromatic rings. The van der Waals surface area contributed by atoms with Crippen molar-refractivity contribution >= 4 is 11.6 Å². The SMILES string of the molecule is O=C(Nc1cccc(C(F)(F)F)c1)C1[C@@H]2CC/C=C\CC[C@@H]12. The molecule has 3 rings (SSSR count). The summed E-state index contributed by atoms with van der Waals surface area (Å²) in [6.45, 7) is 0. The standard InChI is InChI=1S/C17H18F3NO/c18-17(19,20)11-6-5-7-12(10-11)21-16(22)15-13-8-3-1-2-4-9-14(13)15/h1-2,5-7,10,13-15H,3-4,8-9H2,(H,21,22)/b2-1-/t13-,14-/m1/s1. The molecule has 2 atom stereocenters. The molecule has 2 aliphatic rings. The largest absolute Gasteiger partial charge is 0.416 e. The first-order chi connectivity index (χ1) is 10.5. The summed E-state index contributed by atoms with van der Waals surface area (Å²) in [7, 11) is 0. The van der Waals surface area contributed by atoms with Crippen molar-refractivity contribution in [3.8, 4) is 0 Å². The summed E-state index contributed by atoms with van der Waals surface area (Å²) in [5.74, 6) is 0.581. The number of benzene rings is 1. The lowest BCUT2D eigenvalue weighted by molar-refractivity contribution is -0.137. The van der Waals surface area contributed by atoms with Gasteiger partial charge in [0.05, 0.1) is 5.56 Å². The van der Waals surface area contributed by atoms with Crippen molar-refractivity contribution in [2.45, 2.75) is 31.9 Å². The van der Waals surface area contributed by atoms with Crippen LogP contribution in [0.1, 0.15) is 31.2 Å². The van der Waals surface area contributed by atoms with Crippen LogP contribution in [0.2, 0.25) is 0 Å². The van der Waals surface area contributed by atoms with Gasteiger partial charge in [-0.15, -0.1) is 0 Å². The molecule has 5 heteroatoms. The molecule has 118 valence electrons. The zero-order chi connectivity index (χ0) is 15.7. The number of amides is 1. The summed E-state index contributed by atoms with van der Waals surface area (Å²) in [6, 6.07) is 4.81. The summed E-state index contributed by atoms with van der Waals surface area (Å²) in [5, 5.41) is 2.65. The predicted octanol–water partition coefficient (Wildman–Crippen LogP) is 4.64. The van der Waals surface area contributed by atoms with Crippen molar-refractivity contribution < 1.29 is 18.0 Å². The average molecular weight is 309 g/mol. The van der Waals surface area contributed by atoms with Gasteiger partial charge in [-0.05, 0) is 55.7 Å². The van der Waals surface area contributed by atoms with Gasteiger partial charge in [-0.1, -0.05) is 18.2 Å². The summed E-state index contributed by atoms with van der Waals surface area (Å²) < 4.78 is 38.1. The molecule has 22 heavy (non-hydrogen) atoms. The van der Waals surface area contributed by atoms with Gasteiger partial charge in [0, 0.05) is 11.6 Å². The van der Waals surface area contributed by atoms with Crippen molar-refractivity contribution in [2.75, 3.05) is 5.32 Å². The van der Waals surface area contributed by atoms with E-state index in [4.69, 9.17) is 0 Å². The first kappa shape index (κ1) is 15.1. The van der Waals surface area contributed by atoms with Crippen LogP contribution in [0, 0.1) is 17.8 Å². The van der Waals surface area contributed by atoms with Crippen LogP contribution in [-0.2, 0) is 11.0 Å². The fraction of sp³-hybridized carbons (Fsp3) is 0.471. The first-order valence-electron chi connectivity index (χ1n) is 7.60. The molecular weight excluding hydrogens is 291 g/mol. The van der Waals surface area contributed by atoms with Crippen LogP contribution in [0.4, 0.5) is 18.9 Å². The van der Waals surface area contributed by atoms with Gasteiger partial charge in [-0.3, -0.25) is 4.79 Å². The normalized spacial score (nSPS) is 29.0. The first-order valence-corrected chi connectivity index (χ1v) is 7.60. The average Bonchev–Trinajstić information content (AvgIpc) is 3.09. The molecule has 2 aliphatic carbocycles. The van der Waals surface area contributed by atoms with Crippen LogP contribution in [-0.4, -0.2) is 5.91 Å². The van der Waals surface area contributed by atoms with Gasteiger partial charge < -0.3 is 5.32 Å². The molecule has 2 nitrogen and oxygen atoms in total. The van der Waals surface area contributed by atoms with Crippen LogP contribution >= 0.6 is 0 Å². The zero-order valence-corrected chi connectivity index (χ0v) is 12.1. The van der Waals surface area contributed by atoms with E-state index in [0.717, 1.165) is 37.8 Å². The maximum absolute atomic E-state index is 12.7. The molecule has 1 saturated carbocycles. The van der Waals surface area contributed by atoms with Gasteiger partial charge >= 0.3 is 6.18 Å². The molecule has 0 unspecified atom stereocenters. The van der Waals surface area contributed by atoms with Crippen molar-refractivity contribution in [3.63, 3.8) is 0 Å². The Morgan fingerprint density at radius 3 is 2.32 bits per heavy atom. The maximum Gasteiger partial charge on any atom is 0.416 e. The summed E-state index contributed by atoms with van der Waals surface area (Å²) in [5.41, 5.74) is -0.520. The molecule has 0 aliphatic heterocycles. The lowest BCUT2D eigenvalue weighted by atomic mass is 10.1. The van der Waals surface area contributed by atoms with E-state index in [-0.39, 0.29) is 17.5 Å². The molecule has 1 amide bonds. The molecular formula is C17H18F3NO. The third-order valence-electron chi connectivity index (χ3n) is 4.59. The third kappa shape index (κ3) is 3.18. The molecule has 0 radical (unpaired) electrons. The number of nitrogens with one attached hydrogen (secondary N) is 1. The van der Waals surface area contributed by atoms with E-state index in [2.05, 4.69) is 17.5 Å². The van der Waals surface area contributed by atoms with Gasteiger partial charge in [-0.25, -0.2) is 0 Å². The predicted molar refractivity (Wildman–Crippen MR) is 78.2 cm³/mol. The molecule has 0 spiro atoms. The number of carbonyl (C=O) groups is 1. The fourth-order valence-electron chi connectivity index (χ4n) is 3.43. The van der Waals surface area contributed by atoms with Crippen molar-refractivity contribution in [1.29, 1.82) is 0 Å². The van der Waals surface area contributed by atoms with E-state index in [1.165, 1.54) is 12.1 Å². The Balaban J connectivity index is 1.66. The monoisotopic (exact) mass is 309 g/mol. The second-order valence-corrected chi connectivity index (χ2v) is 6.05. The molecule has 1 N–H and O–H groups in total. The van der Waals surface area contributed by atoms with Crippen molar-refractivity contribution in [2.24, 2.45) is 17.8 Å². The zero-order valence-electron chi connectivity index (χ0n) is 12.1. The van der Waals surface area contributed by atoms with Gasteiger partial charge in [0.25, 0.3) is 0 Å². The van der Waals surface area contributed by atoms with Crippen LogP contribution in [0.25, 0.3) is 0 Å². The molecule has 0 saturated heterocycles. The van der Waals surface area contributed by atoms with Crippen molar-refractivity contribution in [1.82, 2.24) is 0 Å². The van der Waals surface area contributed by atoms with Gasteiger partial charge in [0.1, 0.15) is 0 Å². The fourth-order valence-corrected chi connectivity index (χ4v) is 3.43. The number of alkyl halides is 3. The molecule has 1 fully saturated rings. The third-order valence-corrected chi connectivity index (χ3v) is 4.59. The lowest BCUT2D eigenvalue weighted by Gasteiger charge is -2.10. The molecule has 0 aromatic heterocycles. The minimum absolute atomic E-state index is 0.0468. The highest BCUT2D eigenvalue weighted by Gasteiger charge is 2.53. The number of rotatable bonds is 2. The summed E-state index contributed by atoms with van der Waals surface area (Å²) in [6.07, 6.45) is 3.84. The number of allylic oxidation sites excluding steroid dienone is 2. The number of anilines is 1. The van der Waals surface area contributed by atoms with Crippen LogP contribution in [0.15, 0.2) is 36.4 Å². The Morgan fingerprint density at radius 1 is 1.09 bits per heavy atom. The number of carbonyl (C=O) groups excluding carboxylic acids is 1. The molecule has 1 aromatic carbocycles. The highest BCUT2D eigenvalue weighted by molar-refractivity contribution is 5.95. The Hall–Kier alpha value is -1.78. The van der Waals surface area contributed by atoms with Crippen LogP contribution in [0.5, 0.6) is 0 Å². The lowest BCUT2D eigenvalue weighted by Crippen LogP contribution is -2.16. The van der Waals surface area contributed by atoms with E-state index in [1.807, 2.05) is 0 Å². The Morgan fingerprint density at radius 2 is 1.73 bits per heavy atom. The van der Waals surface area contributed by atoms with Crippen molar-refractivity contribution in [3.05, 3.63) is 42.0 Å². The minimum atomic E-state index is -4.39. The van der Waals surface area contributed by atoms with Crippen LogP contribution in [0.3, 0.4) is 0 Å². The minimum Gasteiger partial charge on any atom is -0.326 e. The van der Waals surface area contributed by atoms with E-state index in [1.54, 1.807) is 0 Å². The number of hydrogen-bond donors (Lipinski definition) is 1. The van der Waals surface area contributed by atoms with E-state index in [0.29, 0.717) is 11.8 Å². The summed E-state index contributed by atoms with van der Waals surface area (Å²) in [4.78, 5) is 12.3. The van der Waals surface area contributed by atoms with E-state index >= 15 is 0 Å². The number of fused-ring (bicyclic) bond motifs is 1. The van der Waals surface area contributed by atoms with Gasteiger partial charge in [0.2, 0.25) is 5.91 Å². The number of hydrogen-bond acceptors (Lipinski definition) is 1. The van der Waals surface area contributed by atoms with Crippen LogP contribution < -0.4 is 5.32 Å². The Labute approximate surface area is 127 Å². The van der Waals surface area contributed by atoms with Gasteiger partial charge in [0.15, 0.2) is 0 Å². The maximum atomic E-state index is 12.7. The number of halogens is 3. The highest BCUT2D eigenvalue weighted by atomic mass is 19.4. The molecule has 0 heterocycles. The van der Waals surface area contributed by atoms with Gasteiger partial charge in [-0.2, -0.15) is 13.2 Å². The topological polar surface area (TPSA) is 29.1 Å². The summed E-state index contributed by atoms with van der Waals surface area (Å²) >= 11 is 0. The van der Waals surface area contributed by atoms with E-state index < -0.39 is 11.7 Å². The molecule has 0 bridgehead atoms. The highest BCUT2D eigenvalue weighted by Crippen LogP contribution is 2.53. The Kier molecular flexibility index (Phi) is 3.98.